The van der Waals surface area contributed by atoms with Crippen molar-refractivity contribution in [2.75, 3.05) is 20.3 Å². The van der Waals surface area contributed by atoms with Gasteiger partial charge in [-0.05, 0) is 6.07 Å². The van der Waals surface area contributed by atoms with E-state index in [0.29, 0.717) is 24.0 Å². The molecular weight excluding hydrogens is 298 g/mol. The molecule has 1 aromatic heterocycles. The highest BCUT2D eigenvalue weighted by Crippen LogP contribution is 2.22. The molecule has 0 saturated heterocycles. The lowest BCUT2D eigenvalue weighted by atomic mass is 10.2. The second-order valence-corrected chi connectivity index (χ2v) is 5.60. The van der Waals surface area contributed by atoms with Crippen LogP contribution in [0.15, 0.2) is 24.3 Å². The Balaban J connectivity index is 2.11. The fourth-order valence-corrected chi connectivity index (χ4v) is 2.55. The van der Waals surface area contributed by atoms with Crippen molar-refractivity contribution in [2.24, 2.45) is 0 Å². The number of hydrogen-bond donors (Lipinski definition) is 1. The molecule has 7 heteroatoms. The number of ether oxygens (including phenoxy) is 1. The van der Waals surface area contributed by atoms with Crippen LogP contribution >= 0.6 is 23.1 Å². The van der Waals surface area contributed by atoms with Crippen molar-refractivity contribution in [1.29, 1.82) is 0 Å². The van der Waals surface area contributed by atoms with Crippen molar-refractivity contribution >= 4 is 23.1 Å². The van der Waals surface area contributed by atoms with Crippen LogP contribution in [0, 0.1) is 0 Å². The fraction of sp³-hybridized carbons (Fsp3) is 0.385. The van der Waals surface area contributed by atoms with Gasteiger partial charge in [-0.2, -0.15) is 0 Å². The Morgan fingerprint density at radius 1 is 1.35 bits per heavy atom. The molecule has 0 saturated carbocycles. The third-order valence-corrected chi connectivity index (χ3v) is 3.87. The molecule has 0 radical (unpaired) electrons. The molecule has 1 N–H and O–H groups in total. The van der Waals surface area contributed by atoms with E-state index in [1.54, 1.807) is 7.11 Å². The Kier molecular flexibility index (Phi) is 5.72. The Morgan fingerprint density at radius 3 is 2.80 bits per heavy atom. The summed E-state index contributed by atoms with van der Waals surface area (Å²) in [7, 11) is 1.65. The van der Waals surface area contributed by atoms with E-state index in [2.05, 4.69) is 14.5 Å². The molecule has 5 nitrogen and oxygen atoms in total. The zero-order valence-corrected chi connectivity index (χ0v) is 12.7. The van der Waals surface area contributed by atoms with Crippen molar-refractivity contribution in [1.82, 2.24) is 14.5 Å². The number of hydrogen-bond acceptors (Lipinski definition) is 6. The van der Waals surface area contributed by atoms with E-state index < -0.39 is 0 Å². The minimum Gasteiger partial charge on any atom is -0.496 e. The van der Waals surface area contributed by atoms with E-state index >= 15 is 0 Å². The number of aromatic nitrogens is 2. The molecule has 20 heavy (non-hydrogen) atoms. The van der Waals surface area contributed by atoms with E-state index in [1.165, 1.54) is 11.5 Å². The highest BCUT2D eigenvalue weighted by molar-refractivity contribution is 7.10. The van der Waals surface area contributed by atoms with Gasteiger partial charge >= 0.3 is 0 Å². The van der Waals surface area contributed by atoms with Gasteiger partial charge in [0, 0.05) is 36.7 Å². The van der Waals surface area contributed by atoms with Crippen LogP contribution in [-0.4, -0.2) is 39.9 Å². The van der Waals surface area contributed by atoms with E-state index in [4.69, 9.17) is 16.3 Å². The second-order valence-electron chi connectivity index (χ2n) is 4.24. The lowest BCUT2D eigenvalue weighted by Gasteiger charge is -2.21. The Bertz CT molecular complexity index is 550. The van der Waals surface area contributed by atoms with Gasteiger partial charge in [0.25, 0.3) is 0 Å². The van der Waals surface area contributed by atoms with Gasteiger partial charge in [0.1, 0.15) is 15.8 Å². The average Bonchev–Trinajstić information content (AvgIpc) is 2.85. The lowest BCUT2D eigenvalue weighted by molar-refractivity contribution is 0.181. The van der Waals surface area contributed by atoms with Crippen molar-refractivity contribution in [3.8, 4) is 5.75 Å². The van der Waals surface area contributed by atoms with Crippen LogP contribution < -0.4 is 4.74 Å². The first kappa shape index (κ1) is 15.2. The predicted octanol–water partition coefficient (Wildman–Crippen LogP) is 2.19. The van der Waals surface area contributed by atoms with E-state index in [1.807, 2.05) is 24.3 Å². The third kappa shape index (κ3) is 3.89. The molecule has 0 atom stereocenters. The van der Waals surface area contributed by atoms with E-state index in [-0.39, 0.29) is 6.61 Å². The summed E-state index contributed by atoms with van der Waals surface area (Å²) >= 11 is 7.19. The van der Waals surface area contributed by atoms with Gasteiger partial charge in [0.2, 0.25) is 0 Å². The first-order valence-corrected chi connectivity index (χ1v) is 7.31. The van der Waals surface area contributed by atoms with Gasteiger partial charge in [-0.25, -0.2) is 0 Å². The summed E-state index contributed by atoms with van der Waals surface area (Å²) in [6.45, 7) is 1.81. The van der Waals surface area contributed by atoms with Gasteiger partial charge in [-0.1, -0.05) is 34.3 Å². The first-order valence-electron chi connectivity index (χ1n) is 6.16. The smallest absolute Gasteiger partial charge is 0.138 e. The number of para-hydroxylation sites is 1. The molecule has 108 valence electrons. The molecule has 2 rings (SSSR count). The summed E-state index contributed by atoms with van der Waals surface area (Å²) in [6.07, 6.45) is 0. The zero-order chi connectivity index (χ0) is 14.4. The first-order chi connectivity index (χ1) is 9.74. The third-order valence-electron chi connectivity index (χ3n) is 2.89. The fourth-order valence-electron chi connectivity index (χ4n) is 1.93. The summed E-state index contributed by atoms with van der Waals surface area (Å²) in [5.74, 6) is 0.831. The molecular formula is C13H16ClN3O2S. The molecule has 1 aromatic carbocycles. The minimum atomic E-state index is 0.0737. The molecule has 0 spiro atoms. The van der Waals surface area contributed by atoms with Crippen LogP contribution in [0.3, 0.4) is 0 Å². The van der Waals surface area contributed by atoms with Gasteiger partial charge in [-0.15, -0.1) is 5.10 Å². The van der Waals surface area contributed by atoms with Crippen LogP contribution in [0.1, 0.15) is 11.3 Å². The molecule has 2 aromatic rings. The Morgan fingerprint density at radius 2 is 2.15 bits per heavy atom. The maximum atomic E-state index is 9.20. The molecule has 0 aliphatic carbocycles. The lowest BCUT2D eigenvalue weighted by Crippen LogP contribution is -2.26. The number of halogens is 1. The molecule has 1 heterocycles. The summed E-state index contributed by atoms with van der Waals surface area (Å²) in [5, 5.41) is 13.2. The highest BCUT2D eigenvalue weighted by Gasteiger charge is 2.14. The standard InChI is InChI=1S/C13H16ClN3O2S/c1-19-12-5-3-2-4-10(12)8-17(6-7-18)9-11-13(14)20-16-15-11/h2-5,18H,6-9H2,1H3. The van der Waals surface area contributed by atoms with Crippen LogP contribution in [0.4, 0.5) is 0 Å². The number of benzene rings is 1. The zero-order valence-electron chi connectivity index (χ0n) is 11.1. The van der Waals surface area contributed by atoms with E-state index in [0.717, 1.165) is 17.0 Å². The molecule has 0 unspecified atom stereocenters. The quantitative estimate of drug-likeness (QED) is 0.849. The summed E-state index contributed by atoms with van der Waals surface area (Å²) in [4.78, 5) is 2.06. The largest absolute Gasteiger partial charge is 0.496 e. The summed E-state index contributed by atoms with van der Waals surface area (Å²) in [5.41, 5.74) is 1.79. The molecule has 0 bridgehead atoms. The van der Waals surface area contributed by atoms with Crippen LogP contribution in [0.5, 0.6) is 5.75 Å². The van der Waals surface area contributed by atoms with Gasteiger partial charge < -0.3 is 9.84 Å². The molecule has 0 aliphatic heterocycles. The topological polar surface area (TPSA) is 58.5 Å². The average molecular weight is 314 g/mol. The summed E-state index contributed by atoms with van der Waals surface area (Å²) in [6, 6.07) is 7.82. The Hall–Kier alpha value is -1.21. The van der Waals surface area contributed by atoms with Crippen molar-refractivity contribution in [3.63, 3.8) is 0 Å². The van der Waals surface area contributed by atoms with Crippen molar-refractivity contribution in [3.05, 3.63) is 39.9 Å². The van der Waals surface area contributed by atoms with Gasteiger partial charge in [0.05, 0.1) is 13.7 Å². The molecule has 0 fully saturated rings. The van der Waals surface area contributed by atoms with Gasteiger partial charge in [-0.3, -0.25) is 4.90 Å². The SMILES string of the molecule is COc1ccccc1CN(CCO)Cc1nnsc1Cl. The monoisotopic (exact) mass is 313 g/mol. The number of methoxy groups -OCH3 is 1. The minimum absolute atomic E-state index is 0.0737. The maximum Gasteiger partial charge on any atom is 0.138 e. The van der Waals surface area contributed by atoms with Crippen LogP contribution in [0.25, 0.3) is 0 Å². The normalized spacial score (nSPS) is 11.0. The summed E-state index contributed by atoms with van der Waals surface area (Å²) < 4.78 is 9.75. The number of aliphatic hydroxyl groups excluding tert-OH is 1. The predicted molar refractivity (Wildman–Crippen MR) is 79.1 cm³/mol. The number of nitrogens with zero attached hydrogens (tertiary/aromatic N) is 3. The van der Waals surface area contributed by atoms with Crippen LogP contribution in [0.2, 0.25) is 4.34 Å². The highest BCUT2D eigenvalue weighted by atomic mass is 35.5. The molecule has 0 amide bonds. The Labute approximate surface area is 126 Å². The van der Waals surface area contributed by atoms with E-state index in [9.17, 15) is 5.11 Å². The van der Waals surface area contributed by atoms with Gasteiger partial charge in [0.15, 0.2) is 0 Å². The van der Waals surface area contributed by atoms with Crippen molar-refractivity contribution in [2.45, 2.75) is 13.1 Å². The maximum absolute atomic E-state index is 9.20. The number of aliphatic hydroxyl groups is 1. The van der Waals surface area contributed by atoms with Crippen LogP contribution in [-0.2, 0) is 13.1 Å². The van der Waals surface area contributed by atoms with Crippen molar-refractivity contribution < 1.29 is 9.84 Å². The second kappa shape index (κ2) is 7.54. The molecule has 0 aliphatic rings. The number of rotatable bonds is 7.